The molecular weight excluding hydrogens is 192 g/mol. The minimum atomic E-state index is -3.40. The quantitative estimate of drug-likeness (QED) is 0.572. The highest BCUT2D eigenvalue weighted by atomic mass is 32.2. The number of hydrogen-bond acceptors (Lipinski definition) is 4. The summed E-state index contributed by atoms with van der Waals surface area (Å²) in [5, 5.41) is 9.27. The summed E-state index contributed by atoms with van der Waals surface area (Å²) in [6.45, 7) is 3.69. The van der Waals surface area contributed by atoms with E-state index in [4.69, 9.17) is 4.18 Å². The number of fused-ring (bicyclic) bond motifs is 2. The molecule has 5 unspecified atom stereocenters. The standard InChI is InChI=1S/C8H14O4S/c1-4-3-6-5(2)8(7(4)9)12-13(6,10)11/h4-9H,3H2,1-2H3. The van der Waals surface area contributed by atoms with E-state index in [-0.39, 0.29) is 11.8 Å². The Morgan fingerprint density at radius 2 is 2.00 bits per heavy atom. The Hall–Kier alpha value is -0.130. The van der Waals surface area contributed by atoms with Gasteiger partial charge in [-0.15, -0.1) is 0 Å². The molecule has 1 heterocycles. The Morgan fingerprint density at radius 1 is 1.38 bits per heavy atom. The maximum atomic E-state index is 11.4. The fraction of sp³-hybridized carbons (Fsp3) is 1.00. The van der Waals surface area contributed by atoms with Crippen LogP contribution < -0.4 is 0 Å². The molecule has 0 aromatic heterocycles. The lowest BCUT2D eigenvalue weighted by molar-refractivity contribution is -0.0254. The van der Waals surface area contributed by atoms with Crippen molar-refractivity contribution in [3.05, 3.63) is 0 Å². The van der Waals surface area contributed by atoms with Crippen molar-refractivity contribution in [1.29, 1.82) is 0 Å². The van der Waals surface area contributed by atoms with Crippen molar-refractivity contribution < 1.29 is 17.7 Å². The fourth-order valence-corrected chi connectivity index (χ4v) is 4.28. The molecule has 0 aromatic rings. The first-order chi connectivity index (χ1) is 5.93. The molecule has 2 fully saturated rings. The largest absolute Gasteiger partial charge is 0.390 e. The van der Waals surface area contributed by atoms with Crippen molar-refractivity contribution in [2.24, 2.45) is 11.8 Å². The van der Waals surface area contributed by atoms with Gasteiger partial charge in [0.05, 0.1) is 11.4 Å². The molecule has 76 valence electrons. The van der Waals surface area contributed by atoms with Crippen molar-refractivity contribution in [3.8, 4) is 0 Å². The highest BCUT2D eigenvalue weighted by Gasteiger charge is 2.54. The zero-order chi connectivity index (χ0) is 9.80. The van der Waals surface area contributed by atoms with Crippen LogP contribution in [0.3, 0.4) is 0 Å². The van der Waals surface area contributed by atoms with E-state index in [1.807, 2.05) is 13.8 Å². The average Bonchev–Trinajstić information content (AvgIpc) is 2.19. The zero-order valence-corrected chi connectivity index (χ0v) is 8.49. The molecule has 2 rings (SSSR count). The number of rotatable bonds is 0. The second-order valence-electron chi connectivity index (χ2n) is 4.15. The van der Waals surface area contributed by atoms with Crippen LogP contribution in [0, 0.1) is 11.8 Å². The Morgan fingerprint density at radius 3 is 2.62 bits per heavy atom. The third-order valence-electron chi connectivity index (χ3n) is 3.24. The highest BCUT2D eigenvalue weighted by molar-refractivity contribution is 7.87. The molecule has 2 bridgehead atoms. The molecule has 2 aliphatic rings. The molecule has 1 aliphatic heterocycles. The first-order valence-electron chi connectivity index (χ1n) is 4.53. The third-order valence-corrected chi connectivity index (χ3v) is 5.10. The lowest BCUT2D eigenvalue weighted by Crippen LogP contribution is -2.43. The molecule has 5 heteroatoms. The van der Waals surface area contributed by atoms with Gasteiger partial charge in [0.2, 0.25) is 0 Å². The van der Waals surface area contributed by atoms with Gasteiger partial charge in [-0.2, -0.15) is 8.42 Å². The van der Waals surface area contributed by atoms with Gasteiger partial charge in [0.25, 0.3) is 10.1 Å². The van der Waals surface area contributed by atoms with Gasteiger partial charge in [0.1, 0.15) is 6.10 Å². The predicted octanol–water partition coefficient (Wildman–Crippen LogP) is 0.120. The number of hydrogen-bond donors (Lipinski definition) is 1. The summed E-state index contributed by atoms with van der Waals surface area (Å²) in [5.74, 6) is -0.0559. The normalized spacial score (nSPS) is 53.6. The van der Waals surface area contributed by atoms with Gasteiger partial charge >= 0.3 is 0 Å². The maximum absolute atomic E-state index is 11.4. The third kappa shape index (κ3) is 1.21. The molecule has 4 nitrogen and oxygen atoms in total. The molecule has 13 heavy (non-hydrogen) atoms. The van der Waals surface area contributed by atoms with Gasteiger partial charge in [-0.3, -0.25) is 4.18 Å². The minimum absolute atomic E-state index is 0.0171. The molecule has 1 N–H and O–H groups in total. The van der Waals surface area contributed by atoms with Crippen LogP contribution in [0.1, 0.15) is 20.3 Å². The summed E-state index contributed by atoms with van der Waals surface area (Å²) in [7, 11) is -3.40. The van der Waals surface area contributed by atoms with Crippen LogP contribution in [-0.2, 0) is 14.3 Å². The van der Waals surface area contributed by atoms with Crippen LogP contribution in [0.2, 0.25) is 0 Å². The van der Waals surface area contributed by atoms with Crippen LogP contribution >= 0.6 is 0 Å². The summed E-state index contributed by atoms with van der Waals surface area (Å²) in [6.07, 6.45) is -0.636. The van der Waals surface area contributed by atoms with Crippen LogP contribution in [0.15, 0.2) is 0 Å². The molecular formula is C8H14O4S. The molecule has 0 radical (unpaired) electrons. The van der Waals surface area contributed by atoms with Gasteiger partial charge in [0.15, 0.2) is 0 Å². The second kappa shape index (κ2) is 2.68. The number of aliphatic hydroxyl groups is 1. The number of aliphatic hydroxyl groups excluding tert-OH is 1. The van der Waals surface area contributed by atoms with Gasteiger partial charge < -0.3 is 5.11 Å². The second-order valence-corrected chi connectivity index (χ2v) is 5.94. The van der Waals surface area contributed by atoms with E-state index in [0.29, 0.717) is 6.42 Å². The molecule has 0 aromatic carbocycles. The van der Waals surface area contributed by atoms with Gasteiger partial charge in [-0.1, -0.05) is 13.8 Å². The average molecular weight is 206 g/mol. The predicted molar refractivity (Wildman–Crippen MR) is 46.5 cm³/mol. The van der Waals surface area contributed by atoms with Crippen molar-refractivity contribution in [2.45, 2.75) is 37.7 Å². The molecule has 1 saturated heterocycles. The van der Waals surface area contributed by atoms with E-state index in [1.54, 1.807) is 0 Å². The summed E-state index contributed by atoms with van der Waals surface area (Å²) in [4.78, 5) is 0. The smallest absolute Gasteiger partial charge is 0.270 e. The first kappa shape index (κ1) is 9.43. The van der Waals surface area contributed by atoms with Crippen LogP contribution in [0.4, 0.5) is 0 Å². The Bertz CT molecular complexity index is 310. The van der Waals surface area contributed by atoms with Crippen LogP contribution in [-0.4, -0.2) is 31.0 Å². The summed E-state index contributed by atoms with van der Waals surface area (Å²) >= 11 is 0. The van der Waals surface area contributed by atoms with E-state index < -0.39 is 27.6 Å². The highest BCUT2D eigenvalue weighted by Crippen LogP contribution is 2.42. The van der Waals surface area contributed by atoms with E-state index in [1.165, 1.54) is 0 Å². The summed E-state index contributed by atoms with van der Waals surface area (Å²) in [6, 6.07) is 0. The molecule has 5 atom stereocenters. The van der Waals surface area contributed by atoms with Crippen molar-refractivity contribution in [2.75, 3.05) is 0 Å². The maximum Gasteiger partial charge on any atom is 0.270 e. The first-order valence-corrected chi connectivity index (χ1v) is 6.01. The Balaban J connectivity index is 2.38. The molecule has 0 spiro atoms. The van der Waals surface area contributed by atoms with Crippen molar-refractivity contribution in [1.82, 2.24) is 0 Å². The van der Waals surface area contributed by atoms with E-state index in [2.05, 4.69) is 0 Å². The fourth-order valence-electron chi connectivity index (χ4n) is 2.32. The summed E-state index contributed by atoms with van der Waals surface area (Å²) < 4.78 is 27.7. The van der Waals surface area contributed by atoms with E-state index in [9.17, 15) is 13.5 Å². The minimum Gasteiger partial charge on any atom is -0.390 e. The SMILES string of the molecule is CC1CC2C(C)C(OS2(=O)=O)C1O. The topological polar surface area (TPSA) is 63.6 Å². The van der Waals surface area contributed by atoms with Crippen molar-refractivity contribution in [3.63, 3.8) is 0 Å². The van der Waals surface area contributed by atoms with E-state index in [0.717, 1.165) is 0 Å². The molecule has 1 aliphatic carbocycles. The Kier molecular flexibility index (Phi) is 1.94. The molecule has 0 amide bonds. The zero-order valence-electron chi connectivity index (χ0n) is 7.67. The lowest BCUT2D eigenvalue weighted by Gasteiger charge is -2.31. The monoisotopic (exact) mass is 206 g/mol. The Labute approximate surface area is 78.0 Å². The molecule has 1 saturated carbocycles. The van der Waals surface area contributed by atoms with E-state index >= 15 is 0 Å². The van der Waals surface area contributed by atoms with Gasteiger partial charge in [-0.05, 0) is 12.3 Å². The summed E-state index contributed by atoms with van der Waals surface area (Å²) in [5.41, 5.74) is 0. The van der Waals surface area contributed by atoms with Gasteiger partial charge in [-0.25, -0.2) is 0 Å². The van der Waals surface area contributed by atoms with Crippen molar-refractivity contribution >= 4 is 10.1 Å². The lowest BCUT2D eigenvalue weighted by atomic mass is 9.79. The van der Waals surface area contributed by atoms with Crippen LogP contribution in [0.5, 0.6) is 0 Å². The van der Waals surface area contributed by atoms with Crippen LogP contribution in [0.25, 0.3) is 0 Å². The van der Waals surface area contributed by atoms with Gasteiger partial charge in [0, 0.05) is 5.92 Å².